The van der Waals surface area contributed by atoms with Gasteiger partial charge in [-0.05, 0) is 33.6 Å². The summed E-state index contributed by atoms with van der Waals surface area (Å²) in [5.41, 5.74) is -0.546. The highest BCUT2D eigenvalue weighted by molar-refractivity contribution is 5.69. The number of carbonyl (C=O) groups excluding carboxylic acids is 1. The predicted octanol–water partition coefficient (Wildman–Crippen LogP) is 1.20. The molecule has 2 aromatic heterocycles. The summed E-state index contributed by atoms with van der Waals surface area (Å²) in [6, 6.07) is 0. The molecule has 0 aliphatic heterocycles. The molecule has 9 heteroatoms. The Bertz CT molecular complexity index is 901. The van der Waals surface area contributed by atoms with Crippen molar-refractivity contribution in [3.8, 4) is 0 Å². The number of H-pyrrole nitrogens is 1. The lowest BCUT2D eigenvalue weighted by atomic mass is 10.2. The van der Waals surface area contributed by atoms with Gasteiger partial charge in [-0.3, -0.25) is 13.9 Å². The van der Waals surface area contributed by atoms with Gasteiger partial charge in [-0.25, -0.2) is 14.6 Å². The van der Waals surface area contributed by atoms with Gasteiger partial charge in [0.15, 0.2) is 5.65 Å². The lowest BCUT2D eigenvalue weighted by Gasteiger charge is -2.19. The van der Waals surface area contributed by atoms with Crippen LogP contribution in [0.5, 0.6) is 0 Å². The Hall–Kier alpha value is -2.58. The standard InChI is InChI=1S/C17H27N5O4/c1-17(2,3)26-15(24)18-10-8-6-7-9-11-19-12-13(20-11)21(4)16(25)22(5)14(12)23/h6-10H2,1-5H3,(H,18,24)(H,19,20). The molecule has 0 aliphatic rings. The van der Waals surface area contributed by atoms with Gasteiger partial charge in [0.25, 0.3) is 5.56 Å². The maximum Gasteiger partial charge on any atom is 0.407 e. The normalized spacial score (nSPS) is 11.7. The summed E-state index contributed by atoms with van der Waals surface area (Å²) in [5.74, 6) is 0.679. The number of amides is 1. The summed E-state index contributed by atoms with van der Waals surface area (Å²) in [6.07, 6.45) is 2.82. The van der Waals surface area contributed by atoms with Gasteiger partial charge in [0.05, 0.1) is 0 Å². The highest BCUT2D eigenvalue weighted by Crippen LogP contribution is 2.09. The number of hydrogen-bond acceptors (Lipinski definition) is 5. The average molecular weight is 365 g/mol. The Balaban J connectivity index is 1.83. The summed E-state index contributed by atoms with van der Waals surface area (Å²) >= 11 is 0. The summed E-state index contributed by atoms with van der Waals surface area (Å²) in [6.45, 7) is 6.01. The van der Waals surface area contributed by atoms with Gasteiger partial charge in [0.2, 0.25) is 0 Å². The molecule has 0 unspecified atom stereocenters. The minimum Gasteiger partial charge on any atom is -0.444 e. The average Bonchev–Trinajstić information content (AvgIpc) is 2.97. The molecule has 2 N–H and O–H groups in total. The first-order chi connectivity index (χ1) is 12.1. The number of nitrogens with zero attached hydrogens (tertiary/aromatic N) is 3. The fourth-order valence-corrected chi connectivity index (χ4v) is 2.59. The Morgan fingerprint density at radius 2 is 1.85 bits per heavy atom. The van der Waals surface area contributed by atoms with Gasteiger partial charge in [-0.15, -0.1) is 0 Å². The van der Waals surface area contributed by atoms with E-state index in [0.29, 0.717) is 30.0 Å². The third-order valence-corrected chi connectivity index (χ3v) is 3.90. The SMILES string of the molecule is Cn1c(=O)c2[nH]c(CCCCCNC(=O)OC(C)(C)C)nc2n(C)c1=O. The van der Waals surface area contributed by atoms with Gasteiger partial charge >= 0.3 is 11.8 Å². The topological polar surface area (TPSA) is 111 Å². The Kier molecular flexibility index (Phi) is 5.89. The summed E-state index contributed by atoms with van der Waals surface area (Å²) in [4.78, 5) is 42.9. The molecule has 1 amide bonds. The van der Waals surface area contributed by atoms with E-state index < -0.39 is 17.4 Å². The molecule has 2 aromatic rings. The quantitative estimate of drug-likeness (QED) is 0.747. The largest absolute Gasteiger partial charge is 0.444 e. The summed E-state index contributed by atoms with van der Waals surface area (Å²) in [5, 5.41) is 2.72. The second-order valence-electron chi connectivity index (χ2n) is 7.33. The van der Waals surface area contributed by atoms with Crippen molar-refractivity contribution in [2.45, 2.75) is 52.1 Å². The van der Waals surface area contributed by atoms with Crippen molar-refractivity contribution in [3.63, 3.8) is 0 Å². The van der Waals surface area contributed by atoms with Crippen LogP contribution in [0.25, 0.3) is 11.2 Å². The van der Waals surface area contributed by atoms with Gasteiger partial charge in [-0.2, -0.15) is 0 Å². The highest BCUT2D eigenvalue weighted by Gasteiger charge is 2.15. The molecule has 0 saturated carbocycles. The Morgan fingerprint density at radius 1 is 1.15 bits per heavy atom. The molecule has 2 rings (SSSR count). The number of aryl methyl sites for hydroxylation is 2. The monoisotopic (exact) mass is 365 g/mol. The lowest BCUT2D eigenvalue weighted by Crippen LogP contribution is -2.36. The molecule has 0 radical (unpaired) electrons. The first-order valence-electron chi connectivity index (χ1n) is 8.71. The molecular formula is C17H27N5O4. The smallest absolute Gasteiger partial charge is 0.407 e. The van der Waals surface area contributed by atoms with Crippen LogP contribution in [0.15, 0.2) is 9.59 Å². The van der Waals surface area contributed by atoms with Gasteiger partial charge < -0.3 is 15.0 Å². The summed E-state index contributed by atoms with van der Waals surface area (Å²) in [7, 11) is 3.04. The van der Waals surface area contributed by atoms with Crippen molar-refractivity contribution in [1.29, 1.82) is 0 Å². The van der Waals surface area contributed by atoms with Crippen LogP contribution in [0.1, 0.15) is 45.9 Å². The van der Waals surface area contributed by atoms with Crippen molar-refractivity contribution in [2.75, 3.05) is 6.54 Å². The number of imidazole rings is 1. The maximum absolute atomic E-state index is 12.1. The minimum absolute atomic E-state index is 0.344. The van der Waals surface area contributed by atoms with Gasteiger partial charge in [0, 0.05) is 27.1 Å². The van der Waals surface area contributed by atoms with Crippen LogP contribution in [-0.4, -0.2) is 37.3 Å². The molecule has 0 aromatic carbocycles. The fourth-order valence-electron chi connectivity index (χ4n) is 2.59. The number of hydrogen-bond donors (Lipinski definition) is 2. The van der Waals surface area contributed by atoms with Crippen LogP contribution in [0, 0.1) is 0 Å². The molecule has 0 bridgehead atoms. The number of aromatic amines is 1. The third-order valence-electron chi connectivity index (χ3n) is 3.90. The minimum atomic E-state index is -0.497. The van der Waals surface area contributed by atoms with Gasteiger partial charge in [0.1, 0.15) is 16.9 Å². The van der Waals surface area contributed by atoms with E-state index in [-0.39, 0.29) is 5.56 Å². The number of ether oxygens (including phenoxy) is 1. The molecular weight excluding hydrogens is 338 g/mol. The van der Waals surface area contributed by atoms with Crippen LogP contribution >= 0.6 is 0 Å². The van der Waals surface area contributed by atoms with Crippen molar-refractivity contribution in [1.82, 2.24) is 24.4 Å². The van der Waals surface area contributed by atoms with E-state index >= 15 is 0 Å². The van der Waals surface area contributed by atoms with E-state index in [1.165, 1.54) is 11.6 Å². The molecule has 0 spiro atoms. The van der Waals surface area contributed by atoms with Crippen molar-refractivity contribution in [3.05, 3.63) is 26.7 Å². The number of rotatable bonds is 6. The van der Waals surface area contributed by atoms with E-state index in [2.05, 4.69) is 15.3 Å². The molecule has 144 valence electrons. The second-order valence-corrected chi connectivity index (χ2v) is 7.33. The number of fused-ring (bicyclic) bond motifs is 1. The fraction of sp³-hybridized carbons (Fsp3) is 0.647. The maximum atomic E-state index is 12.1. The second kappa shape index (κ2) is 7.76. The lowest BCUT2D eigenvalue weighted by molar-refractivity contribution is 0.0527. The Labute approximate surface area is 151 Å². The highest BCUT2D eigenvalue weighted by atomic mass is 16.6. The van der Waals surface area contributed by atoms with E-state index in [9.17, 15) is 14.4 Å². The van der Waals surface area contributed by atoms with Crippen molar-refractivity contribution < 1.29 is 9.53 Å². The van der Waals surface area contributed by atoms with Crippen LogP contribution in [0.2, 0.25) is 0 Å². The van der Waals surface area contributed by atoms with E-state index in [0.717, 1.165) is 23.8 Å². The zero-order chi connectivity index (χ0) is 19.5. The van der Waals surface area contributed by atoms with Gasteiger partial charge in [-0.1, -0.05) is 6.42 Å². The van der Waals surface area contributed by atoms with Crippen LogP contribution in [-0.2, 0) is 25.3 Å². The molecule has 9 nitrogen and oxygen atoms in total. The number of carbonyl (C=O) groups is 1. The van der Waals surface area contributed by atoms with E-state index in [1.54, 1.807) is 7.05 Å². The third kappa shape index (κ3) is 4.74. The molecule has 0 saturated heterocycles. The first kappa shape index (κ1) is 19.7. The number of unbranched alkanes of at least 4 members (excludes halogenated alkanes) is 2. The summed E-state index contributed by atoms with van der Waals surface area (Å²) < 4.78 is 7.59. The molecule has 0 aliphatic carbocycles. The number of alkyl carbamates (subject to hydrolysis) is 1. The zero-order valence-electron chi connectivity index (χ0n) is 16.0. The van der Waals surface area contributed by atoms with Crippen LogP contribution in [0.4, 0.5) is 4.79 Å². The molecule has 0 atom stereocenters. The van der Waals surface area contributed by atoms with Crippen molar-refractivity contribution >= 4 is 17.3 Å². The van der Waals surface area contributed by atoms with Crippen LogP contribution < -0.4 is 16.6 Å². The van der Waals surface area contributed by atoms with E-state index in [1.807, 2.05) is 20.8 Å². The van der Waals surface area contributed by atoms with Crippen molar-refractivity contribution in [2.24, 2.45) is 14.1 Å². The number of aromatic nitrogens is 4. The molecule has 0 fully saturated rings. The first-order valence-corrected chi connectivity index (χ1v) is 8.71. The number of nitrogens with one attached hydrogen (secondary N) is 2. The molecule has 2 heterocycles. The van der Waals surface area contributed by atoms with Crippen LogP contribution in [0.3, 0.4) is 0 Å². The predicted molar refractivity (Wildman–Crippen MR) is 98.4 cm³/mol. The molecule has 26 heavy (non-hydrogen) atoms. The Morgan fingerprint density at radius 3 is 2.50 bits per heavy atom. The van der Waals surface area contributed by atoms with E-state index in [4.69, 9.17) is 4.74 Å². The zero-order valence-corrected chi connectivity index (χ0v) is 16.0.